The maximum Gasteiger partial charge on any atom is 0.270 e. The van der Waals surface area contributed by atoms with Crippen LogP contribution in [0.1, 0.15) is 10.5 Å². The van der Waals surface area contributed by atoms with Gasteiger partial charge >= 0.3 is 0 Å². The maximum absolute atomic E-state index is 11.7. The number of aromatic nitrogens is 1. The van der Waals surface area contributed by atoms with Crippen LogP contribution >= 0.6 is 0 Å². The summed E-state index contributed by atoms with van der Waals surface area (Å²) in [6.45, 7) is 0.163. The highest BCUT2D eigenvalue weighted by molar-refractivity contribution is 7.90. The van der Waals surface area contributed by atoms with Gasteiger partial charge in [0, 0.05) is 31.7 Å². The molecule has 6 nitrogen and oxygen atoms in total. The quantitative estimate of drug-likeness (QED) is 0.762. The lowest BCUT2D eigenvalue weighted by Gasteiger charge is -2.15. The third-order valence-corrected chi connectivity index (χ3v) is 3.00. The molecule has 1 heterocycles. The van der Waals surface area contributed by atoms with Crippen LogP contribution in [0, 0.1) is 0 Å². The second-order valence-corrected chi connectivity index (χ2v) is 5.96. The average Bonchev–Trinajstić information content (AvgIpc) is 2.59. The largest absolute Gasteiger partial charge is 0.397 e. The number of amides is 1. The number of hydrogen-bond acceptors (Lipinski definition) is 4. The van der Waals surface area contributed by atoms with Crippen LogP contribution in [0.2, 0.25) is 0 Å². The Morgan fingerprint density at radius 3 is 2.62 bits per heavy atom. The number of nitrogens with one attached hydrogen (secondary N) is 1. The van der Waals surface area contributed by atoms with Gasteiger partial charge < -0.3 is 15.6 Å². The summed E-state index contributed by atoms with van der Waals surface area (Å²) in [6.07, 6.45) is 2.65. The van der Waals surface area contributed by atoms with Crippen LogP contribution in [0.4, 0.5) is 5.69 Å². The number of nitrogens with two attached hydrogens (primary N) is 1. The van der Waals surface area contributed by atoms with E-state index in [2.05, 4.69) is 4.98 Å². The molecule has 0 aliphatic carbocycles. The van der Waals surface area contributed by atoms with E-state index < -0.39 is 9.84 Å². The maximum atomic E-state index is 11.7. The number of aromatic amines is 1. The molecule has 0 radical (unpaired) electrons. The summed E-state index contributed by atoms with van der Waals surface area (Å²) in [7, 11) is -1.51. The van der Waals surface area contributed by atoms with Crippen LogP contribution in [0.5, 0.6) is 0 Å². The molecule has 0 aromatic carbocycles. The summed E-state index contributed by atoms with van der Waals surface area (Å²) in [5, 5.41) is 0. The lowest BCUT2D eigenvalue weighted by molar-refractivity contribution is 0.0798. The first-order valence-corrected chi connectivity index (χ1v) is 6.73. The van der Waals surface area contributed by atoms with Gasteiger partial charge in [-0.15, -0.1) is 0 Å². The molecular formula is C9H15N3O3S. The number of carbonyl (C=O) groups excluding carboxylic acids is 1. The van der Waals surface area contributed by atoms with E-state index in [0.29, 0.717) is 11.4 Å². The molecule has 90 valence electrons. The molecule has 0 saturated heterocycles. The summed E-state index contributed by atoms with van der Waals surface area (Å²) < 4.78 is 21.9. The lowest BCUT2D eigenvalue weighted by atomic mass is 10.3. The van der Waals surface area contributed by atoms with Gasteiger partial charge in [-0.25, -0.2) is 8.42 Å². The number of rotatable bonds is 4. The molecule has 7 heteroatoms. The van der Waals surface area contributed by atoms with E-state index >= 15 is 0 Å². The minimum atomic E-state index is -3.06. The molecule has 1 amide bonds. The summed E-state index contributed by atoms with van der Waals surface area (Å²) >= 11 is 0. The van der Waals surface area contributed by atoms with Crippen molar-refractivity contribution < 1.29 is 13.2 Å². The molecule has 1 aromatic rings. The van der Waals surface area contributed by atoms with Crippen molar-refractivity contribution in [2.75, 3.05) is 31.3 Å². The van der Waals surface area contributed by atoms with Gasteiger partial charge in [0.05, 0.1) is 5.75 Å². The summed E-state index contributed by atoms with van der Waals surface area (Å²) in [5.41, 5.74) is 6.29. The zero-order valence-corrected chi connectivity index (χ0v) is 10.0. The fourth-order valence-electron chi connectivity index (χ4n) is 1.14. The van der Waals surface area contributed by atoms with E-state index in [9.17, 15) is 13.2 Å². The first-order chi connectivity index (χ1) is 7.29. The van der Waals surface area contributed by atoms with Crippen molar-refractivity contribution in [3.8, 4) is 0 Å². The smallest absolute Gasteiger partial charge is 0.270 e. The van der Waals surface area contributed by atoms with E-state index in [-0.39, 0.29) is 18.2 Å². The van der Waals surface area contributed by atoms with Gasteiger partial charge in [0.15, 0.2) is 0 Å². The summed E-state index contributed by atoms with van der Waals surface area (Å²) in [4.78, 5) is 15.8. The normalized spacial score (nSPS) is 11.4. The van der Waals surface area contributed by atoms with E-state index in [0.717, 1.165) is 6.26 Å². The van der Waals surface area contributed by atoms with Gasteiger partial charge in [-0.05, 0) is 6.07 Å². The average molecular weight is 245 g/mol. The molecule has 0 unspecified atom stereocenters. The van der Waals surface area contributed by atoms with E-state index in [4.69, 9.17) is 5.73 Å². The van der Waals surface area contributed by atoms with Gasteiger partial charge in [-0.2, -0.15) is 0 Å². The third-order valence-electron chi connectivity index (χ3n) is 2.08. The number of nitrogens with zero attached hydrogens (tertiary/aromatic N) is 1. The molecule has 16 heavy (non-hydrogen) atoms. The van der Waals surface area contributed by atoms with Crippen LogP contribution < -0.4 is 5.73 Å². The molecule has 0 fully saturated rings. The Kier molecular flexibility index (Phi) is 3.58. The Bertz CT molecular complexity index is 478. The number of sulfone groups is 1. The van der Waals surface area contributed by atoms with Crippen LogP contribution in [0.3, 0.4) is 0 Å². The summed E-state index contributed by atoms with van der Waals surface area (Å²) in [5.74, 6) is -0.328. The third kappa shape index (κ3) is 3.58. The van der Waals surface area contributed by atoms with E-state index in [1.165, 1.54) is 17.2 Å². The molecule has 0 atom stereocenters. The zero-order chi connectivity index (χ0) is 12.3. The Hall–Kier alpha value is -1.50. The number of carbonyl (C=O) groups is 1. The lowest BCUT2D eigenvalue weighted by Crippen LogP contribution is -2.31. The van der Waals surface area contributed by atoms with E-state index in [1.54, 1.807) is 7.05 Å². The number of hydrogen-bond donors (Lipinski definition) is 2. The number of anilines is 1. The van der Waals surface area contributed by atoms with Crippen LogP contribution in [0.15, 0.2) is 12.3 Å². The predicted molar refractivity (Wildman–Crippen MR) is 61.9 cm³/mol. The second kappa shape index (κ2) is 4.56. The highest BCUT2D eigenvalue weighted by Gasteiger charge is 2.14. The molecule has 0 aliphatic rings. The standard InChI is InChI=1S/C9H15N3O3S/c1-12(3-4-16(2,14)15)9(13)8-5-7(10)6-11-8/h5-6,11H,3-4,10H2,1-2H3. The van der Waals surface area contributed by atoms with Gasteiger partial charge in [0.25, 0.3) is 5.91 Å². The second-order valence-electron chi connectivity index (χ2n) is 3.70. The van der Waals surface area contributed by atoms with Crippen molar-refractivity contribution in [1.82, 2.24) is 9.88 Å². The van der Waals surface area contributed by atoms with Crippen molar-refractivity contribution in [2.24, 2.45) is 0 Å². The molecule has 0 bridgehead atoms. The monoisotopic (exact) mass is 245 g/mol. The van der Waals surface area contributed by atoms with Gasteiger partial charge in [-0.1, -0.05) is 0 Å². The predicted octanol–water partition coefficient (Wildman–Crippen LogP) is -0.286. The molecule has 1 rings (SSSR count). The number of H-pyrrole nitrogens is 1. The fourth-order valence-corrected chi connectivity index (χ4v) is 1.75. The molecular weight excluding hydrogens is 230 g/mol. The minimum Gasteiger partial charge on any atom is -0.397 e. The van der Waals surface area contributed by atoms with Crippen LogP contribution in [0.25, 0.3) is 0 Å². The van der Waals surface area contributed by atoms with E-state index in [1.807, 2.05) is 0 Å². The Morgan fingerprint density at radius 1 is 1.56 bits per heavy atom. The van der Waals surface area contributed by atoms with Gasteiger partial charge in [-0.3, -0.25) is 4.79 Å². The highest BCUT2D eigenvalue weighted by Crippen LogP contribution is 2.07. The minimum absolute atomic E-state index is 0.0502. The van der Waals surface area contributed by atoms with Crippen LogP contribution in [-0.4, -0.2) is 49.8 Å². The molecule has 0 aliphatic heterocycles. The first kappa shape index (κ1) is 12.6. The van der Waals surface area contributed by atoms with Crippen molar-refractivity contribution in [1.29, 1.82) is 0 Å². The molecule has 0 saturated carbocycles. The summed E-state index contributed by atoms with van der Waals surface area (Å²) in [6, 6.07) is 1.51. The van der Waals surface area contributed by atoms with Crippen molar-refractivity contribution >= 4 is 21.4 Å². The number of nitrogen functional groups attached to an aromatic ring is 1. The highest BCUT2D eigenvalue weighted by atomic mass is 32.2. The van der Waals surface area contributed by atoms with Crippen molar-refractivity contribution in [3.63, 3.8) is 0 Å². The molecule has 1 aromatic heterocycles. The van der Waals surface area contributed by atoms with Crippen molar-refractivity contribution in [3.05, 3.63) is 18.0 Å². The fraction of sp³-hybridized carbons (Fsp3) is 0.444. The first-order valence-electron chi connectivity index (χ1n) is 4.66. The van der Waals surface area contributed by atoms with Crippen molar-refractivity contribution in [2.45, 2.75) is 0 Å². The Balaban J connectivity index is 2.61. The zero-order valence-electron chi connectivity index (χ0n) is 9.23. The topological polar surface area (TPSA) is 96.3 Å². The molecule has 3 N–H and O–H groups in total. The SMILES string of the molecule is CN(CCS(C)(=O)=O)C(=O)c1cc(N)c[nH]1. The van der Waals surface area contributed by atoms with Gasteiger partial charge in [0.1, 0.15) is 15.5 Å². The Morgan fingerprint density at radius 2 is 2.19 bits per heavy atom. The Labute approximate surface area is 94.4 Å². The van der Waals surface area contributed by atoms with Gasteiger partial charge in [0.2, 0.25) is 0 Å². The van der Waals surface area contributed by atoms with Crippen LogP contribution in [-0.2, 0) is 9.84 Å². The molecule has 0 spiro atoms.